The summed E-state index contributed by atoms with van der Waals surface area (Å²) in [7, 11) is 0. The fraction of sp³-hybridized carbons (Fsp3) is 0.105. The standard InChI is InChI=1S/C19H13FN2O4S/c1-10-9-14(21-26-10)22-16(13-3-2-8-27-13)15(18(24)19(22)25)17(23)11-4-6-12(20)7-5-11/h2-9,16,23H,1H3. The van der Waals surface area contributed by atoms with Crippen LogP contribution in [0, 0.1) is 12.7 Å². The Labute approximate surface area is 157 Å². The number of aromatic nitrogens is 1. The van der Waals surface area contributed by atoms with E-state index in [0.717, 1.165) is 0 Å². The lowest BCUT2D eigenvalue weighted by Crippen LogP contribution is -2.29. The molecule has 4 rings (SSSR count). The zero-order valence-corrected chi connectivity index (χ0v) is 14.9. The molecule has 1 amide bonds. The van der Waals surface area contributed by atoms with E-state index in [2.05, 4.69) is 5.16 Å². The lowest BCUT2D eigenvalue weighted by atomic mass is 10.00. The summed E-state index contributed by atoms with van der Waals surface area (Å²) in [5, 5.41) is 16.4. The molecule has 6 nitrogen and oxygen atoms in total. The van der Waals surface area contributed by atoms with E-state index in [1.165, 1.54) is 40.5 Å². The average Bonchev–Trinajstić information content (AvgIpc) is 3.37. The molecule has 1 unspecified atom stereocenters. The van der Waals surface area contributed by atoms with Crippen LogP contribution in [-0.2, 0) is 9.59 Å². The van der Waals surface area contributed by atoms with E-state index in [-0.39, 0.29) is 22.7 Å². The molecule has 8 heteroatoms. The maximum absolute atomic E-state index is 13.2. The molecule has 0 spiro atoms. The smallest absolute Gasteiger partial charge is 0.301 e. The second kappa shape index (κ2) is 6.48. The molecule has 3 heterocycles. The van der Waals surface area contributed by atoms with Gasteiger partial charge in [-0.3, -0.25) is 14.5 Å². The van der Waals surface area contributed by atoms with Crippen molar-refractivity contribution < 1.29 is 23.6 Å². The highest BCUT2D eigenvalue weighted by Gasteiger charge is 2.48. The Hall–Kier alpha value is -3.26. The number of rotatable bonds is 3. The number of ketones is 1. The highest BCUT2D eigenvalue weighted by atomic mass is 32.1. The number of carbonyl (C=O) groups is 2. The fourth-order valence-corrected chi connectivity index (χ4v) is 3.84. The van der Waals surface area contributed by atoms with Gasteiger partial charge in [0.25, 0.3) is 5.78 Å². The summed E-state index contributed by atoms with van der Waals surface area (Å²) in [6, 6.07) is 9.29. The zero-order chi connectivity index (χ0) is 19.1. The van der Waals surface area contributed by atoms with Crippen molar-refractivity contribution in [2.45, 2.75) is 13.0 Å². The van der Waals surface area contributed by atoms with Gasteiger partial charge in [-0.15, -0.1) is 11.3 Å². The molecule has 1 saturated heterocycles. The van der Waals surface area contributed by atoms with E-state index in [4.69, 9.17) is 4.52 Å². The van der Waals surface area contributed by atoms with Crippen molar-refractivity contribution in [2.24, 2.45) is 0 Å². The molecular weight excluding hydrogens is 371 g/mol. The normalized spacial score (nSPS) is 19.0. The monoisotopic (exact) mass is 384 g/mol. The molecule has 1 aliphatic heterocycles. The van der Waals surface area contributed by atoms with E-state index in [1.807, 2.05) is 0 Å². The summed E-state index contributed by atoms with van der Waals surface area (Å²) in [4.78, 5) is 27.3. The van der Waals surface area contributed by atoms with Crippen LogP contribution >= 0.6 is 11.3 Å². The molecule has 0 aliphatic carbocycles. The largest absolute Gasteiger partial charge is 0.507 e. The van der Waals surface area contributed by atoms with E-state index in [9.17, 15) is 19.1 Å². The van der Waals surface area contributed by atoms with Gasteiger partial charge < -0.3 is 9.63 Å². The number of carbonyl (C=O) groups excluding carboxylic acids is 2. The molecule has 0 saturated carbocycles. The Balaban J connectivity index is 1.92. The highest BCUT2D eigenvalue weighted by molar-refractivity contribution is 7.10. The number of amides is 1. The fourth-order valence-electron chi connectivity index (χ4n) is 3.01. The van der Waals surface area contributed by atoms with Gasteiger partial charge in [-0.05, 0) is 42.6 Å². The van der Waals surface area contributed by atoms with Crippen LogP contribution in [0.4, 0.5) is 10.2 Å². The van der Waals surface area contributed by atoms with Crippen molar-refractivity contribution in [1.29, 1.82) is 0 Å². The molecule has 1 N–H and O–H groups in total. The number of aryl methyl sites for hydroxylation is 1. The Morgan fingerprint density at radius 3 is 2.59 bits per heavy atom. The van der Waals surface area contributed by atoms with Gasteiger partial charge in [0.05, 0.1) is 5.57 Å². The number of anilines is 1. The number of hydrogen-bond donors (Lipinski definition) is 1. The van der Waals surface area contributed by atoms with Gasteiger partial charge in [0.1, 0.15) is 23.4 Å². The van der Waals surface area contributed by atoms with Crippen molar-refractivity contribution in [2.75, 3.05) is 4.90 Å². The highest BCUT2D eigenvalue weighted by Crippen LogP contribution is 2.43. The van der Waals surface area contributed by atoms with Crippen LogP contribution in [-0.4, -0.2) is 22.0 Å². The minimum absolute atomic E-state index is 0.0743. The Bertz CT molecular complexity index is 1050. The number of benzene rings is 1. The van der Waals surface area contributed by atoms with E-state index in [0.29, 0.717) is 10.6 Å². The Kier molecular flexibility index (Phi) is 4.12. The number of aliphatic hydroxyl groups excluding tert-OH is 1. The summed E-state index contributed by atoms with van der Waals surface area (Å²) in [6.45, 7) is 1.67. The van der Waals surface area contributed by atoms with Gasteiger partial charge in [0.15, 0.2) is 5.82 Å². The molecule has 1 aliphatic rings. The Morgan fingerprint density at radius 2 is 2.00 bits per heavy atom. The van der Waals surface area contributed by atoms with Crippen LogP contribution in [0.2, 0.25) is 0 Å². The molecule has 27 heavy (non-hydrogen) atoms. The predicted molar refractivity (Wildman–Crippen MR) is 96.7 cm³/mol. The third-order valence-electron chi connectivity index (χ3n) is 4.24. The predicted octanol–water partition coefficient (Wildman–Crippen LogP) is 3.81. The topological polar surface area (TPSA) is 83.6 Å². The quantitative estimate of drug-likeness (QED) is 0.422. The van der Waals surface area contributed by atoms with E-state index >= 15 is 0 Å². The summed E-state index contributed by atoms with van der Waals surface area (Å²) in [5.74, 6) is -1.82. The molecule has 3 aromatic rings. The third-order valence-corrected chi connectivity index (χ3v) is 5.16. The van der Waals surface area contributed by atoms with Crippen molar-refractivity contribution in [3.8, 4) is 0 Å². The van der Waals surface area contributed by atoms with Crippen LogP contribution in [0.1, 0.15) is 22.2 Å². The molecule has 1 aromatic carbocycles. The first-order chi connectivity index (χ1) is 13.0. The lowest BCUT2D eigenvalue weighted by Gasteiger charge is -2.21. The minimum Gasteiger partial charge on any atom is -0.507 e. The molecule has 0 bridgehead atoms. The van der Waals surface area contributed by atoms with Gasteiger partial charge in [-0.2, -0.15) is 0 Å². The maximum Gasteiger partial charge on any atom is 0.301 e. The summed E-state index contributed by atoms with van der Waals surface area (Å²) < 4.78 is 18.3. The molecular formula is C19H13FN2O4S. The molecule has 136 valence electrons. The second-order valence-corrected chi connectivity index (χ2v) is 6.97. The number of nitrogens with zero attached hydrogens (tertiary/aromatic N) is 2. The van der Waals surface area contributed by atoms with Crippen molar-refractivity contribution in [3.63, 3.8) is 0 Å². The number of halogens is 1. The van der Waals surface area contributed by atoms with Crippen LogP contribution in [0.5, 0.6) is 0 Å². The van der Waals surface area contributed by atoms with Gasteiger partial charge in [0.2, 0.25) is 0 Å². The summed E-state index contributed by atoms with van der Waals surface area (Å²) in [6.07, 6.45) is 0. The number of hydrogen-bond acceptors (Lipinski definition) is 6. The first-order valence-electron chi connectivity index (χ1n) is 8.01. The van der Waals surface area contributed by atoms with Crippen LogP contribution in [0.15, 0.2) is 57.9 Å². The molecule has 1 atom stereocenters. The van der Waals surface area contributed by atoms with Gasteiger partial charge >= 0.3 is 5.91 Å². The first-order valence-corrected chi connectivity index (χ1v) is 8.89. The number of thiophene rings is 1. The summed E-state index contributed by atoms with van der Waals surface area (Å²) in [5.41, 5.74) is 0.169. The van der Waals surface area contributed by atoms with Gasteiger partial charge in [-0.1, -0.05) is 11.2 Å². The molecule has 0 radical (unpaired) electrons. The van der Waals surface area contributed by atoms with Gasteiger partial charge in [-0.25, -0.2) is 4.39 Å². The number of aliphatic hydroxyl groups is 1. The maximum atomic E-state index is 13.2. The van der Waals surface area contributed by atoms with E-state index in [1.54, 1.807) is 30.5 Å². The first kappa shape index (κ1) is 17.2. The zero-order valence-electron chi connectivity index (χ0n) is 14.0. The van der Waals surface area contributed by atoms with Crippen LogP contribution in [0.25, 0.3) is 5.76 Å². The average molecular weight is 384 g/mol. The number of Topliss-reactive ketones (excluding diaryl/α,β-unsaturated/α-hetero) is 1. The molecule has 2 aromatic heterocycles. The lowest BCUT2D eigenvalue weighted by molar-refractivity contribution is -0.132. The van der Waals surface area contributed by atoms with Crippen LogP contribution in [0.3, 0.4) is 0 Å². The summed E-state index contributed by atoms with van der Waals surface area (Å²) >= 11 is 1.34. The van der Waals surface area contributed by atoms with Crippen molar-refractivity contribution in [1.82, 2.24) is 5.16 Å². The van der Waals surface area contributed by atoms with E-state index < -0.39 is 23.5 Å². The van der Waals surface area contributed by atoms with Gasteiger partial charge in [0, 0.05) is 16.5 Å². The van der Waals surface area contributed by atoms with Crippen molar-refractivity contribution >= 4 is 34.6 Å². The minimum atomic E-state index is -0.848. The SMILES string of the molecule is Cc1cc(N2C(=O)C(=O)C(=C(O)c3ccc(F)cc3)C2c2cccs2)no1. The second-order valence-electron chi connectivity index (χ2n) is 5.99. The van der Waals surface area contributed by atoms with Crippen molar-refractivity contribution in [3.05, 3.63) is 75.4 Å². The Morgan fingerprint density at radius 1 is 1.26 bits per heavy atom. The van der Waals surface area contributed by atoms with Crippen LogP contribution < -0.4 is 4.90 Å². The molecule has 1 fully saturated rings. The third kappa shape index (κ3) is 2.83.